The van der Waals surface area contributed by atoms with Crippen molar-refractivity contribution < 1.29 is 22.7 Å². The first-order valence-electron chi connectivity index (χ1n) is 7.53. The maximum atomic E-state index is 12.4. The molecular formula is C15H22F3N5O2. The van der Waals surface area contributed by atoms with Crippen molar-refractivity contribution in [3.63, 3.8) is 0 Å². The first-order chi connectivity index (χ1) is 11.7. The number of hydroxylamine groups is 1. The highest BCUT2D eigenvalue weighted by Crippen LogP contribution is 2.30. The predicted octanol–water partition coefficient (Wildman–Crippen LogP) is 2.03. The molecule has 1 aromatic rings. The maximum absolute atomic E-state index is 12.4. The summed E-state index contributed by atoms with van der Waals surface area (Å²) in [5.41, 5.74) is 12.7. The average molecular weight is 361 g/mol. The molecule has 0 saturated heterocycles. The van der Waals surface area contributed by atoms with Gasteiger partial charge in [-0.1, -0.05) is 0 Å². The van der Waals surface area contributed by atoms with Gasteiger partial charge in [0.05, 0.1) is 18.8 Å². The van der Waals surface area contributed by atoms with Crippen molar-refractivity contribution in [3.8, 4) is 5.75 Å². The van der Waals surface area contributed by atoms with Crippen molar-refractivity contribution >= 4 is 11.9 Å². The molecule has 1 aromatic carbocycles. The molecule has 10 heteroatoms. The summed E-state index contributed by atoms with van der Waals surface area (Å²) in [7, 11) is 0. The molecule has 1 rings (SSSR count). The summed E-state index contributed by atoms with van der Waals surface area (Å²) in [5.74, 6) is 0.347. The Bertz CT molecular complexity index is 586. The molecule has 25 heavy (non-hydrogen) atoms. The third-order valence-corrected chi connectivity index (χ3v) is 2.64. The molecule has 140 valence electrons. The lowest BCUT2D eigenvalue weighted by molar-refractivity contribution is -0.137. The zero-order valence-corrected chi connectivity index (χ0v) is 14.0. The summed E-state index contributed by atoms with van der Waals surface area (Å²) in [6.07, 6.45) is -3.88. The Morgan fingerprint density at radius 1 is 1.16 bits per heavy atom. The van der Waals surface area contributed by atoms with Crippen LogP contribution < -0.4 is 21.7 Å². The van der Waals surface area contributed by atoms with Crippen molar-refractivity contribution in [1.29, 1.82) is 0 Å². The lowest BCUT2D eigenvalue weighted by Gasteiger charge is -2.09. The molecule has 0 radical (unpaired) electrons. The SMILES string of the molecule is CC(C)N=C(N)/N=C(/N)NOCCCOc1ccc(C(F)(F)F)cc1. The van der Waals surface area contributed by atoms with Crippen LogP contribution in [0.2, 0.25) is 0 Å². The van der Waals surface area contributed by atoms with Crippen LogP contribution in [0.4, 0.5) is 13.2 Å². The number of halogens is 3. The van der Waals surface area contributed by atoms with E-state index < -0.39 is 11.7 Å². The molecule has 0 spiro atoms. The number of nitrogens with one attached hydrogen (secondary N) is 1. The van der Waals surface area contributed by atoms with Crippen LogP contribution in [-0.2, 0) is 11.0 Å². The van der Waals surface area contributed by atoms with Crippen molar-refractivity contribution in [2.75, 3.05) is 13.2 Å². The fraction of sp³-hybridized carbons (Fsp3) is 0.467. The van der Waals surface area contributed by atoms with Crippen LogP contribution in [0.5, 0.6) is 5.75 Å². The Hall–Kier alpha value is -2.49. The van der Waals surface area contributed by atoms with Crippen LogP contribution >= 0.6 is 0 Å². The number of guanidine groups is 2. The Morgan fingerprint density at radius 2 is 1.80 bits per heavy atom. The Morgan fingerprint density at radius 3 is 2.36 bits per heavy atom. The van der Waals surface area contributed by atoms with Gasteiger partial charge in [0.1, 0.15) is 5.75 Å². The van der Waals surface area contributed by atoms with E-state index >= 15 is 0 Å². The second-order valence-electron chi connectivity index (χ2n) is 5.25. The standard InChI is InChI=1S/C15H22F3N5O2/c1-10(2)21-13(19)22-14(20)23-25-9-3-8-24-12-6-4-11(5-7-12)15(16,17)18/h4-7,10H,3,8-9H2,1-2H3,(H5,19,20,21,22,23). The zero-order chi connectivity index (χ0) is 18.9. The van der Waals surface area contributed by atoms with E-state index in [0.29, 0.717) is 12.2 Å². The van der Waals surface area contributed by atoms with Crippen LogP contribution in [0, 0.1) is 0 Å². The van der Waals surface area contributed by atoms with E-state index in [1.807, 2.05) is 13.8 Å². The third kappa shape index (κ3) is 8.80. The number of ether oxygens (including phenoxy) is 1. The smallest absolute Gasteiger partial charge is 0.416 e. The summed E-state index contributed by atoms with van der Waals surface area (Å²) in [6, 6.07) is 4.47. The molecule has 0 amide bonds. The molecule has 0 unspecified atom stereocenters. The van der Waals surface area contributed by atoms with E-state index in [1.165, 1.54) is 12.1 Å². The van der Waals surface area contributed by atoms with Gasteiger partial charge in [-0.3, -0.25) is 4.84 Å². The van der Waals surface area contributed by atoms with Crippen LogP contribution in [0.15, 0.2) is 34.3 Å². The molecule has 0 aliphatic carbocycles. The molecule has 0 heterocycles. The normalized spacial score (nSPS) is 13.2. The van der Waals surface area contributed by atoms with Crippen LogP contribution in [0.25, 0.3) is 0 Å². The molecule has 7 nitrogen and oxygen atoms in total. The van der Waals surface area contributed by atoms with Gasteiger partial charge >= 0.3 is 6.18 Å². The second-order valence-corrected chi connectivity index (χ2v) is 5.25. The summed E-state index contributed by atoms with van der Waals surface area (Å²) in [5, 5.41) is 0. The third-order valence-electron chi connectivity index (χ3n) is 2.64. The monoisotopic (exact) mass is 361 g/mol. The highest BCUT2D eigenvalue weighted by molar-refractivity contribution is 5.92. The highest BCUT2D eigenvalue weighted by Gasteiger charge is 2.29. The molecule has 0 aliphatic heterocycles. The Kier molecular flexibility index (Phi) is 7.99. The number of rotatable bonds is 7. The zero-order valence-electron chi connectivity index (χ0n) is 14.0. The van der Waals surface area contributed by atoms with Gasteiger partial charge in [0.15, 0.2) is 0 Å². The summed E-state index contributed by atoms with van der Waals surface area (Å²) in [4.78, 5) is 12.8. The fourth-order valence-corrected chi connectivity index (χ4v) is 1.63. The summed E-state index contributed by atoms with van der Waals surface area (Å²) < 4.78 is 42.6. The number of benzene rings is 1. The predicted molar refractivity (Wildman–Crippen MR) is 89.0 cm³/mol. The average Bonchev–Trinajstić information content (AvgIpc) is 2.49. The van der Waals surface area contributed by atoms with Gasteiger partial charge in [0.25, 0.3) is 0 Å². The van der Waals surface area contributed by atoms with E-state index in [4.69, 9.17) is 21.0 Å². The van der Waals surface area contributed by atoms with Crippen molar-refractivity contribution in [2.45, 2.75) is 32.5 Å². The van der Waals surface area contributed by atoms with Crippen LogP contribution in [0.1, 0.15) is 25.8 Å². The molecule has 0 atom stereocenters. The van der Waals surface area contributed by atoms with E-state index in [2.05, 4.69) is 15.5 Å². The molecule has 0 fully saturated rings. The van der Waals surface area contributed by atoms with Crippen LogP contribution in [-0.4, -0.2) is 31.2 Å². The van der Waals surface area contributed by atoms with Crippen molar-refractivity contribution in [2.24, 2.45) is 21.5 Å². The number of alkyl halides is 3. The van der Waals surface area contributed by atoms with E-state index in [0.717, 1.165) is 12.1 Å². The second kappa shape index (κ2) is 9.72. The first-order valence-corrected chi connectivity index (χ1v) is 7.53. The molecular weight excluding hydrogens is 339 g/mol. The number of aliphatic imine (C=N–C) groups is 2. The van der Waals surface area contributed by atoms with Crippen molar-refractivity contribution in [3.05, 3.63) is 29.8 Å². The molecule has 0 bridgehead atoms. The molecule has 0 saturated carbocycles. The Balaban J connectivity index is 2.23. The van der Waals surface area contributed by atoms with Gasteiger partial charge < -0.3 is 16.2 Å². The topological polar surface area (TPSA) is 107 Å². The van der Waals surface area contributed by atoms with Gasteiger partial charge in [0.2, 0.25) is 11.9 Å². The maximum Gasteiger partial charge on any atom is 0.416 e. The minimum atomic E-state index is -4.36. The molecule has 5 N–H and O–H groups in total. The molecule has 0 aromatic heterocycles. The largest absolute Gasteiger partial charge is 0.494 e. The first kappa shape index (κ1) is 20.6. The number of hydrogen-bond donors (Lipinski definition) is 3. The van der Waals surface area contributed by atoms with Gasteiger partial charge in [-0.25, -0.2) is 10.5 Å². The number of hydrogen-bond acceptors (Lipinski definition) is 3. The lowest BCUT2D eigenvalue weighted by atomic mass is 10.2. The minimum Gasteiger partial charge on any atom is -0.494 e. The fourth-order valence-electron chi connectivity index (χ4n) is 1.63. The van der Waals surface area contributed by atoms with E-state index in [-0.39, 0.29) is 31.2 Å². The number of nitrogens with zero attached hydrogens (tertiary/aromatic N) is 2. The summed E-state index contributed by atoms with van der Waals surface area (Å²) in [6.45, 7) is 4.21. The molecule has 0 aliphatic rings. The van der Waals surface area contributed by atoms with E-state index in [1.54, 1.807) is 0 Å². The number of nitrogens with two attached hydrogens (primary N) is 2. The quantitative estimate of drug-likeness (QED) is 0.298. The minimum absolute atomic E-state index is 0.000172. The van der Waals surface area contributed by atoms with Crippen molar-refractivity contribution in [1.82, 2.24) is 5.48 Å². The van der Waals surface area contributed by atoms with Crippen LogP contribution in [0.3, 0.4) is 0 Å². The van der Waals surface area contributed by atoms with E-state index in [9.17, 15) is 13.2 Å². The highest BCUT2D eigenvalue weighted by atomic mass is 19.4. The van der Waals surface area contributed by atoms with Gasteiger partial charge in [-0.2, -0.15) is 18.2 Å². The Labute approximate surface area is 143 Å². The van der Waals surface area contributed by atoms with Gasteiger partial charge in [-0.05, 0) is 38.1 Å². The van der Waals surface area contributed by atoms with Gasteiger partial charge in [-0.15, -0.1) is 0 Å². The summed E-state index contributed by atoms with van der Waals surface area (Å²) >= 11 is 0. The lowest BCUT2D eigenvalue weighted by Crippen LogP contribution is -2.34. The van der Waals surface area contributed by atoms with Gasteiger partial charge in [0, 0.05) is 12.5 Å².